The Morgan fingerprint density at radius 3 is 2.83 bits per heavy atom. The quantitative estimate of drug-likeness (QED) is 0.651. The first-order chi connectivity index (χ1) is 10.8. The molecular formula is C16H27N5OS. The Hall–Kier alpha value is -1.63. The van der Waals surface area contributed by atoms with Gasteiger partial charge < -0.3 is 15.5 Å². The summed E-state index contributed by atoms with van der Waals surface area (Å²) >= 11 is 1.67. The molecule has 2 rings (SSSR count). The highest BCUT2D eigenvalue weighted by atomic mass is 32.1. The van der Waals surface area contributed by atoms with Crippen LogP contribution in [-0.2, 0) is 16.8 Å². The summed E-state index contributed by atoms with van der Waals surface area (Å²) in [5.74, 6) is 0.966. The number of likely N-dealkylation sites (tertiary alicyclic amines) is 1. The summed E-state index contributed by atoms with van der Waals surface area (Å²) in [6, 6.07) is 0.241. The predicted molar refractivity (Wildman–Crippen MR) is 94.8 cm³/mol. The Labute approximate surface area is 142 Å². The zero-order chi connectivity index (χ0) is 17.0. The number of nitrogens with one attached hydrogen (secondary N) is 2. The Balaban J connectivity index is 1.86. The third-order valence-electron chi connectivity index (χ3n) is 3.92. The Morgan fingerprint density at radius 1 is 1.52 bits per heavy atom. The number of piperidine rings is 1. The topological polar surface area (TPSA) is 69.6 Å². The van der Waals surface area contributed by atoms with Crippen LogP contribution >= 0.6 is 11.3 Å². The summed E-state index contributed by atoms with van der Waals surface area (Å²) in [6.45, 7) is 7.87. The minimum Gasteiger partial charge on any atom is -0.352 e. The molecule has 6 nitrogen and oxygen atoms in total. The number of guanidine groups is 1. The van der Waals surface area contributed by atoms with Crippen LogP contribution in [0.3, 0.4) is 0 Å². The van der Waals surface area contributed by atoms with Crippen molar-refractivity contribution in [2.75, 3.05) is 20.6 Å². The van der Waals surface area contributed by atoms with E-state index in [0.29, 0.717) is 19.5 Å². The van der Waals surface area contributed by atoms with Crippen LogP contribution < -0.4 is 10.6 Å². The lowest BCUT2D eigenvalue weighted by molar-refractivity contribution is -0.132. The van der Waals surface area contributed by atoms with Crippen LogP contribution in [0.2, 0.25) is 0 Å². The second-order valence-electron chi connectivity index (χ2n) is 6.96. The van der Waals surface area contributed by atoms with Gasteiger partial charge in [-0.1, -0.05) is 20.8 Å². The summed E-state index contributed by atoms with van der Waals surface area (Å²) in [6.07, 6.45) is 1.43. The molecule has 0 aromatic carbocycles. The zero-order valence-electron chi connectivity index (χ0n) is 14.6. The van der Waals surface area contributed by atoms with E-state index in [2.05, 4.69) is 46.8 Å². The number of aliphatic imine (C=N–C) groups is 1. The highest BCUT2D eigenvalue weighted by Crippen LogP contribution is 2.23. The molecule has 0 bridgehead atoms. The summed E-state index contributed by atoms with van der Waals surface area (Å²) in [7, 11) is 3.60. The number of hydrogen-bond acceptors (Lipinski definition) is 4. The van der Waals surface area contributed by atoms with Gasteiger partial charge in [0.1, 0.15) is 5.01 Å². The van der Waals surface area contributed by atoms with E-state index in [0.717, 1.165) is 23.1 Å². The molecule has 1 aromatic rings. The number of hydrogen-bond donors (Lipinski definition) is 2. The molecular weight excluding hydrogens is 310 g/mol. The van der Waals surface area contributed by atoms with Crippen molar-refractivity contribution in [1.29, 1.82) is 0 Å². The summed E-state index contributed by atoms with van der Waals surface area (Å²) < 4.78 is 0. The molecule has 0 radical (unpaired) electrons. The number of nitrogens with zero attached hydrogens (tertiary/aromatic N) is 3. The van der Waals surface area contributed by atoms with Gasteiger partial charge in [0.05, 0.1) is 12.2 Å². The van der Waals surface area contributed by atoms with Gasteiger partial charge in [0.25, 0.3) is 0 Å². The summed E-state index contributed by atoms with van der Waals surface area (Å²) in [4.78, 5) is 22.2. The van der Waals surface area contributed by atoms with Crippen molar-refractivity contribution in [2.45, 2.75) is 51.6 Å². The largest absolute Gasteiger partial charge is 0.352 e. The minimum atomic E-state index is 0.0773. The molecule has 1 atom stereocenters. The first-order valence-electron chi connectivity index (χ1n) is 7.95. The molecule has 1 aliphatic heterocycles. The molecule has 1 amide bonds. The molecule has 0 aliphatic carbocycles. The molecule has 1 aromatic heterocycles. The average Bonchev–Trinajstić information content (AvgIpc) is 2.96. The van der Waals surface area contributed by atoms with Crippen molar-refractivity contribution in [3.8, 4) is 0 Å². The van der Waals surface area contributed by atoms with Gasteiger partial charge in [-0.3, -0.25) is 9.79 Å². The number of aromatic nitrogens is 1. The average molecular weight is 337 g/mol. The van der Waals surface area contributed by atoms with E-state index in [1.54, 1.807) is 23.3 Å². The fraction of sp³-hybridized carbons (Fsp3) is 0.688. The van der Waals surface area contributed by atoms with Gasteiger partial charge in [-0.2, -0.15) is 0 Å². The van der Waals surface area contributed by atoms with E-state index in [4.69, 9.17) is 0 Å². The lowest BCUT2D eigenvalue weighted by atomic mass is 9.93. The van der Waals surface area contributed by atoms with Crippen molar-refractivity contribution in [3.05, 3.63) is 16.1 Å². The second-order valence-corrected chi connectivity index (χ2v) is 7.90. The van der Waals surface area contributed by atoms with Crippen molar-refractivity contribution < 1.29 is 4.79 Å². The van der Waals surface area contributed by atoms with Gasteiger partial charge in [0, 0.05) is 43.9 Å². The zero-order valence-corrected chi connectivity index (χ0v) is 15.5. The molecule has 0 saturated carbocycles. The number of carbonyl (C=O) groups excluding carboxylic acids is 1. The molecule has 0 spiro atoms. The Morgan fingerprint density at radius 2 is 2.26 bits per heavy atom. The standard InChI is InChI=1S/C16H27N5OS/c1-16(2,3)12-10-23-13(20-12)8-18-15(17-4)19-11-6-7-14(22)21(5)9-11/h10-11H,6-9H2,1-5H3,(H2,17,18,19). The van der Waals surface area contributed by atoms with Gasteiger partial charge in [0.15, 0.2) is 5.96 Å². The maximum absolute atomic E-state index is 11.5. The van der Waals surface area contributed by atoms with Crippen LogP contribution in [0, 0.1) is 0 Å². The second kappa shape index (κ2) is 7.29. The number of rotatable bonds is 3. The SMILES string of the molecule is CN=C(NCc1nc(C(C)(C)C)cs1)NC1CCC(=O)N(C)C1. The molecule has 1 fully saturated rings. The first-order valence-corrected chi connectivity index (χ1v) is 8.83. The van der Waals surface area contributed by atoms with Crippen LogP contribution in [0.15, 0.2) is 10.4 Å². The Bertz CT molecular complexity index is 575. The molecule has 1 saturated heterocycles. The van der Waals surface area contributed by atoms with Gasteiger partial charge in [-0.25, -0.2) is 4.98 Å². The first kappa shape index (κ1) is 17.7. The van der Waals surface area contributed by atoms with Crippen molar-refractivity contribution in [1.82, 2.24) is 20.5 Å². The lowest BCUT2D eigenvalue weighted by Gasteiger charge is -2.31. The van der Waals surface area contributed by atoms with Crippen molar-refractivity contribution in [2.24, 2.45) is 4.99 Å². The smallest absolute Gasteiger partial charge is 0.222 e. The number of carbonyl (C=O) groups is 1. The van der Waals surface area contributed by atoms with Crippen molar-refractivity contribution in [3.63, 3.8) is 0 Å². The third kappa shape index (κ3) is 4.92. The van der Waals surface area contributed by atoms with Crippen molar-refractivity contribution >= 4 is 23.2 Å². The van der Waals surface area contributed by atoms with E-state index in [1.165, 1.54) is 0 Å². The number of likely N-dealkylation sites (N-methyl/N-ethyl adjacent to an activating group) is 1. The minimum absolute atomic E-state index is 0.0773. The number of thiazole rings is 1. The van der Waals surface area contributed by atoms with E-state index in [1.807, 2.05) is 7.05 Å². The highest BCUT2D eigenvalue weighted by Gasteiger charge is 2.23. The molecule has 1 aliphatic rings. The third-order valence-corrected chi connectivity index (χ3v) is 4.77. The normalized spacial score (nSPS) is 19.9. The Kier molecular flexibility index (Phi) is 5.62. The number of amides is 1. The maximum atomic E-state index is 11.5. The lowest BCUT2D eigenvalue weighted by Crippen LogP contribution is -2.51. The summed E-state index contributed by atoms with van der Waals surface area (Å²) in [5.41, 5.74) is 1.20. The van der Waals surface area contributed by atoms with E-state index >= 15 is 0 Å². The highest BCUT2D eigenvalue weighted by molar-refractivity contribution is 7.09. The van der Waals surface area contributed by atoms with Crippen LogP contribution in [0.25, 0.3) is 0 Å². The van der Waals surface area contributed by atoms with Gasteiger partial charge in [-0.15, -0.1) is 11.3 Å². The van der Waals surface area contributed by atoms with E-state index in [-0.39, 0.29) is 17.4 Å². The van der Waals surface area contributed by atoms with Gasteiger partial charge in [0.2, 0.25) is 5.91 Å². The van der Waals surface area contributed by atoms with Crippen LogP contribution in [-0.4, -0.2) is 48.4 Å². The maximum Gasteiger partial charge on any atom is 0.222 e. The molecule has 1 unspecified atom stereocenters. The molecule has 7 heteroatoms. The monoisotopic (exact) mass is 337 g/mol. The molecule has 128 valence electrons. The van der Waals surface area contributed by atoms with E-state index < -0.39 is 0 Å². The summed E-state index contributed by atoms with van der Waals surface area (Å²) in [5, 5.41) is 9.86. The molecule has 23 heavy (non-hydrogen) atoms. The van der Waals surface area contributed by atoms with Gasteiger partial charge in [-0.05, 0) is 6.42 Å². The van der Waals surface area contributed by atoms with Crippen LogP contribution in [0.4, 0.5) is 0 Å². The fourth-order valence-corrected chi connectivity index (χ4v) is 3.37. The molecule has 2 N–H and O–H groups in total. The van der Waals surface area contributed by atoms with Crippen LogP contribution in [0.5, 0.6) is 0 Å². The van der Waals surface area contributed by atoms with Gasteiger partial charge >= 0.3 is 0 Å². The van der Waals surface area contributed by atoms with E-state index in [9.17, 15) is 4.79 Å². The van der Waals surface area contributed by atoms with Crippen LogP contribution in [0.1, 0.15) is 44.3 Å². The fourth-order valence-electron chi connectivity index (χ4n) is 2.41. The predicted octanol–water partition coefficient (Wildman–Crippen LogP) is 1.73. The molecule has 2 heterocycles.